The van der Waals surface area contributed by atoms with Gasteiger partial charge in [-0.15, -0.1) is 0 Å². The number of carboxylic acid groups (broad SMARTS) is 1. The van der Waals surface area contributed by atoms with Gasteiger partial charge < -0.3 is 16.2 Å². The monoisotopic (exact) mass is 254 g/mol. The predicted octanol–water partition coefficient (Wildman–Crippen LogP) is -0.0247. The number of hydrogen-bond donors (Lipinski definition) is 3. The van der Waals surface area contributed by atoms with Gasteiger partial charge in [-0.05, 0) is 0 Å². The van der Waals surface area contributed by atoms with Crippen molar-refractivity contribution in [1.82, 2.24) is 4.98 Å². The molecule has 1 aromatic heterocycles. The summed E-state index contributed by atoms with van der Waals surface area (Å²) in [6, 6.07) is 1.03. The Morgan fingerprint density at radius 2 is 2.22 bits per heavy atom. The van der Waals surface area contributed by atoms with Crippen molar-refractivity contribution in [2.45, 2.75) is 6.42 Å². The summed E-state index contributed by atoms with van der Waals surface area (Å²) in [5.41, 5.74) is 3.85. The van der Waals surface area contributed by atoms with Gasteiger partial charge in [-0.1, -0.05) is 0 Å². The van der Waals surface area contributed by atoms with Crippen LogP contribution in [0.3, 0.4) is 0 Å². The van der Waals surface area contributed by atoms with E-state index >= 15 is 0 Å². The zero-order valence-corrected chi connectivity index (χ0v) is 9.12. The molecule has 0 aromatic carbocycles. The number of nitrogens with one attached hydrogen (secondary N) is 1. The van der Waals surface area contributed by atoms with Crippen LogP contribution in [-0.2, 0) is 4.79 Å². The molecule has 1 rings (SSSR count). The average molecular weight is 254 g/mol. The zero-order chi connectivity index (χ0) is 13.7. The Labute approximate surface area is 101 Å². The average Bonchev–Trinajstić information content (AvgIpc) is 2.28. The quantitative estimate of drug-likeness (QED) is 0.476. The number of carbonyl (C=O) groups excluding carboxylic acids is 1. The molecule has 0 aliphatic rings. The topological polar surface area (TPSA) is 148 Å². The molecule has 0 atom stereocenters. The third kappa shape index (κ3) is 3.40. The number of nitrogens with zero attached hydrogens (tertiary/aromatic N) is 2. The fourth-order valence-corrected chi connectivity index (χ4v) is 1.18. The largest absolute Gasteiger partial charge is 0.477 e. The highest BCUT2D eigenvalue weighted by atomic mass is 16.6. The molecule has 4 N–H and O–H groups in total. The number of carboxylic acids is 1. The number of primary amides is 1. The van der Waals surface area contributed by atoms with Crippen LogP contribution in [0.5, 0.6) is 0 Å². The standard InChI is InChI=1S/C9H10N4O5/c10-7(14)1-2-11-8-3-5(9(15)16)6(4-12-8)13(17)18/h3-4H,1-2H2,(H2,10,14)(H,11,12)(H,15,16). The molecule has 0 unspecified atom stereocenters. The minimum absolute atomic E-state index is 0.0427. The van der Waals surface area contributed by atoms with Crippen molar-refractivity contribution >= 4 is 23.4 Å². The molecule has 18 heavy (non-hydrogen) atoms. The normalized spacial score (nSPS) is 9.78. The molecule has 1 heterocycles. The molecule has 96 valence electrons. The first-order chi connectivity index (χ1) is 8.41. The van der Waals surface area contributed by atoms with E-state index < -0.39 is 28.1 Å². The summed E-state index contributed by atoms with van der Waals surface area (Å²) in [6.45, 7) is 0.166. The van der Waals surface area contributed by atoms with E-state index in [4.69, 9.17) is 10.8 Å². The lowest BCUT2D eigenvalue weighted by Crippen LogP contribution is -2.16. The first kappa shape index (κ1) is 13.4. The van der Waals surface area contributed by atoms with Gasteiger partial charge >= 0.3 is 11.7 Å². The molecule has 0 aliphatic carbocycles. The number of carbonyl (C=O) groups is 2. The van der Waals surface area contributed by atoms with Gasteiger partial charge in [0, 0.05) is 19.0 Å². The molecule has 0 radical (unpaired) electrons. The summed E-state index contributed by atoms with van der Waals surface area (Å²) >= 11 is 0. The van der Waals surface area contributed by atoms with Crippen LogP contribution >= 0.6 is 0 Å². The number of anilines is 1. The fraction of sp³-hybridized carbons (Fsp3) is 0.222. The number of nitro groups is 1. The van der Waals surface area contributed by atoms with Gasteiger partial charge in [-0.2, -0.15) is 0 Å². The second-order valence-electron chi connectivity index (χ2n) is 3.29. The van der Waals surface area contributed by atoms with Crippen molar-refractivity contribution in [2.75, 3.05) is 11.9 Å². The number of amides is 1. The molecule has 0 aliphatic heterocycles. The number of rotatable bonds is 6. The second-order valence-corrected chi connectivity index (χ2v) is 3.29. The molecule has 0 saturated heterocycles. The molecule has 9 nitrogen and oxygen atoms in total. The van der Waals surface area contributed by atoms with Gasteiger partial charge in [-0.3, -0.25) is 14.9 Å². The number of aromatic nitrogens is 1. The number of aromatic carboxylic acids is 1. The highest BCUT2D eigenvalue weighted by molar-refractivity contribution is 5.93. The van der Waals surface area contributed by atoms with Crippen molar-refractivity contribution in [3.05, 3.63) is 27.9 Å². The van der Waals surface area contributed by atoms with Crippen molar-refractivity contribution in [2.24, 2.45) is 5.73 Å². The Morgan fingerprint density at radius 3 is 2.72 bits per heavy atom. The number of nitrogens with two attached hydrogens (primary N) is 1. The van der Waals surface area contributed by atoms with Gasteiger partial charge in [0.05, 0.1) is 4.92 Å². The van der Waals surface area contributed by atoms with Gasteiger partial charge in [0.2, 0.25) is 5.91 Å². The molecular formula is C9H10N4O5. The maximum Gasteiger partial charge on any atom is 0.342 e. The maximum absolute atomic E-state index is 10.8. The highest BCUT2D eigenvalue weighted by Gasteiger charge is 2.20. The van der Waals surface area contributed by atoms with E-state index in [9.17, 15) is 19.7 Å². The van der Waals surface area contributed by atoms with Gasteiger partial charge in [0.15, 0.2) is 0 Å². The van der Waals surface area contributed by atoms with Crippen LogP contribution in [0.25, 0.3) is 0 Å². The Morgan fingerprint density at radius 1 is 1.56 bits per heavy atom. The van der Waals surface area contributed by atoms with E-state index in [2.05, 4.69) is 10.3 Å². The van der Waals surface area contributed by atoms with Gasteiger partial charge in [0.25, 0.3) is 0 Å². The summed E-state index contributed by atoms with van der Waals surface area (Å²) in [7, 11) is 0. The predicted molar refractivity (Wildman–Crippen MR) is 60.2 cm³/mol. The lowest BCUT2D eigenvalue weighted by molar-refractivity contribution is -0.385. The van der Waals surface area contributed by atoms with Gasteiger partial charge in [0.1, 0.15) is 17.6 Å². The van der Waals surface area contributed by atoms with Crippen LogP contribution in [0.15, 0.2) is 12.3 Å². The summed E-state index contributed by atoms with van der Waals surface area (Å²) < 4.78 is 0. The Balaban J connectivity index is 2.90. The SMILES string of the molecule is NC(=O)CCNc1cc(C(=O)O)c([N+](=O)[O-])cn1. The van der Waals surface area contributed by atoms with Gasteiger partial charge in [-0.25, -0.2) is 9.78 Å². The highest BCUT2D eigenvalue weighted by Crippen LogP contribution is 2.20. The summed E-state index contributed by atoms with van der Waals surface area (Å²) in [5, 5.41) is 22.0. The zero-order valence-electron chi connectivity index (χ0n) is 9.12. The van der Waals surface area contributed by atoms with Crippen molar-refractivity contribution in [3.8, 4) is 0 Å². The second kappa shape index (κ2) is 5.57. The molecule has 1 aromatic rings. The third-order valence-corrected chi connectivity index (χ3v) is 1.99. The molecule has 0 bridgehead atoms. The minimum atomic E-state index is -1.43. The van der Waals surface area contributed by atoms with Crippen LogP contribution < -0.4 is 11.1 Å². The Bertz CT molecular complexity index is 502. The van der Waals surface area contributed by atoms with Crippen LogP contribution in [0.1, 0.15) is 16.8 Å². The summed E-state index contributed by atoms with van der Waals surface area (Å²) in [5.74, 6) is -1.83. The molecular weight excluding hydrogens is 244 g/mol. The summed E-state index contributed by atoms with van der Waals surface area (Å²) in [6.07, 6.45) is 0.886. The van der Waals surface area contributed by atoms with Crippen LogP contribution in [0.4, 0.5) is 11.5 Å². The van der Waals surface area contributed by atoms with E-state index in [-0.39, 0.29) is 18.8 Å². The fourth-order valence-electron chi connectivity index (χ4n) is 1.18. The smallest absolute Gasteiger partial charge is 0.342 e. The van der Waals surface area contributed by atoms with E-state index in [0.29, 0.717) is 0 Å². The molecule has 0 spiro atoms. The molecule has 0 fully saturated rings. The van der Waals surface area contributed by atoms with Crippen LogP contribution in [0.2, 0.25) is 0 Å². The Hall–Kier alpha value is -2.71. The third-order valence-electron chi connectivity index (χ3n) is 1.99. The van der Waals surface area contributed by atoms with Crippen LogP contribution in [-0.4, -0.2) is 33.4 Å². The molecule has 9 heteroatoms. The maximum atomic E-state index is 10.8. The van der Waals surface area contributed by atoms with E-state index in [0.717, 1.165) is 12.3 Å². The number of pyridine rings is 1. The Kier molecular flexibility index (Phi) is 4.13. The van der Waals surface area contributed by atoms with E-state index in [1.54, 1.807) is 0 Å². The first-order valence-electron chi connectivity index (χ1n) is 4.81. The van der Waals surface area contributed by atoms with Crippen molar-refractivity contribution in [1.29, 1.82) is 0 Å². The van der Waals surface area contributed by atoms with E-state index in [1.165, 1.54) is 0 Å². The van der Waals surface area contributed by atoms with Crippen molar-refractivity contribution < 1.29 is 19.6 Å². The van der Waals surface area contributed by atoms with E-state index in [1.807, 2.05) is 0 Å². The number of hydrogen-bond acceptors (Lipinski definition) is 6. The van der Waals surface area contributed by atoms with Crippen molar-refractivity contribution in [3.63, 3.8) is 0 Å². The lowest BCUT2D eigenvalue weighted by atomic mass is 10.2. The summed E-state index contributed by atoms with van der Waals surface area (Å²) in [4.78, 5) is 34.7. The molecule has 0 saturated carbocycles. The lowest BCUT2D eigenvalue weighted by Gasteiger charge is -2.05. The molecule has 1 amide bonds. The first-order valence-corrected chi connectivity index (χ1v) is 4.81. The van der Waals surface area contributed by atoms with Crippen LogP contribution in [0, 0.1) is 10.1 Å². The minimum Gasteiger partial charge on any atom is -0.477 e.